The van der Waals surface area contributed by atoms with Crippen LogP contribution in [0.15, 0.2) is 48.5 Å². The van der Waals surface area contributed by atoms with E-state index in [1.165, 1.54) is 25.7 Å². The number of carbonyl (C=O) groups excluding carboxylic acids is 2. The van der Waals surface area contributed by atoms with Crippen LogP contribution in [-0.4, -0.2) is 19.0 Å². The van der Waals surface area contributed by atoms with Crippen molar-refractivity contribution in [2.75, 3.05) is 11.9 Å². The van der Waals surface area contributed by atoms with Crippen molar-refractivity contribution in [3.63, 3.8) is 0 Å². The number of anilines is 1. The van der Waals surface area contributed by atoms with Crippen molar-refractivity contribution in [2.24, 2.45) is 0 Å². The molecular weight excluding hydrogens is 330 g/mol. The lowest BCUT2D eigenvalue weighted by Crippen LogP contribution is -2.08. The molecule has 0 bridgehead atoms. The molecule has 1 N–H and O–H groups in total. The van der Waals surface area contributed by atoms with Gasteiger partial charge in [0.2, 0.25) is 6.41 Å². The van der Waals surface area contributed by atoms with Gasteiger partial charge in [-0.25, -0.2) is 4.79 Å². The first-order valence-electron chi connectivity index (χ1n) is 8.98. The quantitative estimate of drug-likeness (QED) is 0.271. The molecule has 5 heteroatoms. The number of ether oxygens (including phenoxy) is 2. The Labute approximate surface area is 154 Å². The molecule has 0 heterocycles. The minimum Gasteiger partial charge on any atom is -0.494 e. The summed E-state index contributed by atoms with van der Waals surface area (Å²) in [5.74, 6) is 0.775. The summed E-state index contributed by atoms with van der Waals surface area (Å²) in [4.78, 5) is 22.5. The topological polar surface area (TPSA) is 64.6 Å². The van der Waals surface area contributed by atoms with Crippen LogP contribution >= 0.6 is 0 Å². The summed E-state index contributed by atoms with van der Waals surface area (Å²) < 4.78 is 11.0. The van der Waals surface area contributed by atoms with E-state index in [1.807, 2.05) is 0 Å². The van der Waals surface area contributed by atoms with Gasteiger partial charge in [0.15, 0.2) is 0 Å². The molecule has 0 unspecified atom stereocenters. The van der Waals surface area contributed by atoms with Crippen LogP contribution in [-0.2, 0) is 4.79 Å². The van der Waals surface area contributed by atoms with Crippen LogP contribution in [0, 0.1) is 0 Å². The summed E-state index contributed by atoms with van der Waals surface area (Å²) in [6.45, 7) is 2.90. The number of hydrogen-bond donors (Lipinski definition) is 1. The van der Waals surface area contributed by atoms with Gasteiger partial charge in [0.1, 0.15) is 11.5 Å². The lowest BCUT2D eigenvalue weighted by molar-refractivity contribution is -0.105. The third-order valence-electron chi connectivity index (χ3n) is 3.90. The van der Waals surface area contributed by atoms with Gasteiger partial charge in [0.05, 0.1) is 12.2 Å². The van der Waals surface area contributed by atoms with E-state index in [2.05, 4.69) is 12.2 Å². The van der Waals surface area contributed by atoms with E-state index in [1.54, 1.807) is 48.5 Å². The summed E-state index contributed by atoms with van der Waals surface area (Å²) in [6.07, 6.45) is 6.58. The fraction of sp³-hybridized carbons (Fsp3) is 0.333. The molecule has 2 aromatic rings. The van der Waals surface area contributed by atoms with Gasteiger partial charge in [-0.3, -0.25) is 4.79 Å². The highest BCUT2D eigenvalue weighted by molar-refractivity contribution is 5.91. The summed E-state index contributed by atoms with van der Waals surface area (Å²) in [6, 6.07) is 13.5. The molecule has 0 radical (unpaired) electrons. The minimum atomic E-state index is -0.452. The molecule has 5 nitrogen and oxygen atoms in total. The van der Waals surface area contributed by atoms with Gasteiger partial charge in [0.25, 0.3) is 0 Å². The predicted molar refractivity (Wildman–Crippen MR) is 102 cm³/mol. The van der Waals surface area contributed by atoms with Gasteiger partial charge in [0, 0.05) is 5.69 Å². The third kappa shape index (κ3) is 6.59. The summed E-state index contributed by atoms with van der Waals surface area (Å²) in [7, 11) is 0. The molecule has 0 saturated carbocycles. The molecule has 138 valence electrons. The van der Waals surface area contributed by atoms with Crippen molar-refractivity contribution in [1.29, 1.82) is 0 Å². The summed E-state index contributed by atoms with van der Waals surface area (Å²) in [5.41, 5.74) is 1.03. The van der Waals surface area contributed by atoms with Crippen molar-refractivity contribution in [3.05, 3.63) is 54.1 Å². The zero-order valence-corrected chi connectivity index (χ0v) is 15.1. The van der Waals surface area contributed by atoms with Crippen molar-refractivity contribution in [1.82, 2.24) is 0 Å². The zero-order chi connectivity index (χ0) is 18.6. The van der Waals surface area contributed by atoms with Crippen molar-refractivity contribution < 1.29 is 19.1 Å². The van der Waals surface area contributed by atoms with Crippen molar-refractivity contribution in [3.8, 4) is 11.5 Å². The average Bonchev–Trinajstić information content (AvgIpc) is 2.66. The fourth-order valence-corrected chi connectivity index (χ4v) is 2.44. The summed E-state index contributed by atoms with van der Waals surface area (Å²) in [5, 5.41) is 2.51. The Morgan fingerprint density at radius 2 is 1.58 bits per heavy atom. The predicted octanol–water partition coefficient (Wildman–Crippen LogP) is 4.82. The van der Waals surface area contributed by atoms with Crippen LogP contribution < -0.4 is 14.8 Å². The number of benzene rings is 2. The molecular formula is C21H25NO4. The van der Waals surface area contributed by atoms with E-state index in [4.69, 9.17) is 9.47 Å². The Kier molecular flexibility index (Phi) is 8.19. The van der Waals surface area contributed by atoms with Gasteiger partial charge in [-0.1, -0.05) is 32.6 Å². The average molecular weight is 355 g/mol. The molecule has 26 heavy (non-hydrogen) atoms. The standard InChI is InChI=1S/C21H25NO4/c1-2-3-4-5-6-15-25-19-11-13-20(14-12-19)26-21(24)17-7-9-18(10-8-17)22-16-23/h7-14,16H,2-6,15H2,1H3,(H,22,23). The second kappa shape index (κ2) is 10.9. The molecule has 0 aliphatic rings. The first-order valence-corrected chi connectivity index (χ1v) is 8.98. The highest BCUT2D eigenvalue weighted by Gasteiger charge is 2.08. The van der Waals surface area contributed by atoms with E-state index < -0.39 is 5.97 Å². The molecule has 1 amide bonds. The van der Waals surface area contributed by atoms with Gasteiger partial charge in [-0.2, -0.15) is 0 Å². The lowest BCUT2D eigenvalue weighted by atomic mass is 10.2. The Morgan fingerprint density at radius 1 is 0.923 bits per heavy atom. The summed E-state index contributed by atoms with van der Waals surface area (Å²) >= 11 is 0. The Balaban J connectivity index is 1.78. The molecule has 0 aliphatic carbocycles. The smallest absolute Gasteiger partial charge is 0.343 e. The monoisotopic (exact) mass is 355 g/mol. The largest absolute Gasteiger partial charge is 0.494 e. The number of nitrogens with one attached hydrogen (secondary N) is 1. The number of hydrogen-bond acceptors (Lipinski definition) is 4. The molecule has 0 spiro atoms. The molecule has 0 atom stereocenters. The van der Waals surface area contributed by atoms with Crippen LogP contribution in [0.3, 0.4) is 0 Å². The van der Waals surface area contributed by atoms with E-state index >= 15 is 0 Å². The maximum absolute atomic E-state index is 12.1. The Hall–Kier alpha value is -2.82. The van der Waals surface area contributed by atoms with Crippen LogP contribution in [0.2, 0.25) is 0 Å². The first-order chi connectivity index (χ1) is 12.7. The number of unbranched alkanes of at least 4 members (excludes halogenated alkanes) is 4. The van der Waals surface area contributed by atoms with Gasteiger partial charge < -0.3 is 14.8 Å². The minimum absolute atomic E-state index is 0.411. The zero-order valence-electron chi connectivity index (χ0n) is 15.1. The highest BCUT2D eigenvalue weighted by Crippen LogP contribution is 2.19. The van der Waals surface area contributed by atoms with Gasteiger partial charge in [-0.05, 0) is 55.0 Å². The van der Waals surface area contributed by atoms with Gasteiger partial charge >= 0.3 is 5.97 Å². The SMILES string of the molecule is CCCCCCCOc1ccc(OC(=O)c2ccc(NC=O)cc2)cc1. The van der Waals surface area contributed by atoms with E-state index in [0.29, 0.717) is 30.0 Å². The molecule has 0 fully saturated rings. The van der Waals surface area contributed by atoms with Gasteiger partial charge in [-0.15, -0.1) is 0 Å². The molecule has 0 saturated heterocycles. The second-order valence-corrected chi connectivity index (χ2v) is 5.96. The molecule has 0 aliphatic heterocycles. The second-order valence-electron chi connectivity index (χ2n) is 5.96. The molecule has 2 rings (SSSR count). The number of rotatable bonds is 11. The van der Waals surface area contributed by atoms with Crippen molar-refractivity contribution in [2.45, 2.75) is 39.0 Å². The van der Waals surface area contributed by atoms with E-state index in [9.17, 15) is 9.59 Å². The van der Waals surface area contributed by atoms with Crippen LogP contribution in [0.4, 0.5) is 5.69 Å². The molecule has 2 aromatic carbocycles. The van der Waals surface area contributed by atoms with E-state index in [0.717, 1.165) is 12.2 Å². The maximum Gasteiger partial charge on any atom is 0.343 e. The van der Waals surface area contributed by atoms with E-state index in [-0.39, 0.29) is 0 Å². The number of amides is 1. The van der Waals surface area contributed by atoms with Crippen LogP contribution in [0.25, 0.3) is 0 Å². The number of esters is 1. The van der Waals surface area contributed by atoms with Crippen LogP contribution in [0.1, 0.15) is 49.4 Å². The lowest BCUT2D eigenvalue weighted by Gasteiger charge is -2.08. The Morgan fingerprint density at radius 3 is 2.23 bits per heavy atom. The maximum atomic E-state index is 12.1. The third-order valence-corrected chi connectivity index (χ3v) is 3.90. The Bertz CT molecular complexity index is 680. The number of carbonyl (C=O) groups is 2. The van der Waals surface area contributed by atoms with Crippen LogP contribution in [0.5, 0.6) is 11.5 Å². The molecule has 0 aromatic heterocycles. The highest BCUT2D eigenvalue weighted by atomic mass is 16.5. The van der Waals surface area contributed by atoms with Crippen molar-refractivity contribution >= 4 is 18.1 Å². The normalized spacial score (nSPS) is 10.2. The first kappa shape index (κ1) is 19.5. The fourth-order valence-electron chi connectivity index (χ4n) is 2.44.